The van der Waals surface area contributed by atoms with E-state index in [0.29, 0.717) is 0 Å². The second-order valence-corrected chi connectivity index (χ2v) is 4.99. The first-order valence-corrected chi connectivity index (χ1v) is 5.58. The van der Waals surface area contributed by atoms with Gasteiger partial charge in [-0.25, -0.2) is 0 Å². The summed E-state index contributed by atoms with van der Waals surface area (Å²) in [5.41, 5.74) is 1.58. The van der Waals surface area contributed by atoms with E-state index in [0.717, 1.165) is 19.6 Å². The summed E-state index contributed by atoms with van der Waals surface area (Å²) in [6, 6.07) is 0. The number of allylic oxidation sites excluding steroid dienone is 1. The topological polar surface area (TPSA) is 12.5 Å². The molecule has 1 atom stereocenters. The Morgan fingerprint density at radius 1 is 1.47 bits per heavy atom. The summed E-state index contributed by atoms with van der Waals surface area (Å²) in [6.07, 6.45) is 9.21. The van der Waals surface area contributed by atoms with Gasteiger partial charge in [-0.15, -0.1) is 0 Å². The van der Waals surface area contributed by atoms with Crippen LogP contribution in [0.15, 0.2) is 23.8 Å². The predicted molar refractivity (Wildman–Crippen MR) is 65.0 cm³/mol. The Labute approximate surface area is 93.6 Å². The molecule has 0 aromatic carbocycles. The molecule has 0 heterocycles. The first kappa shape index (κ1) is 12.5. The summed E-state index contributed by atoms with van der Waals surface area (Å²) < 4.78 is 5.20. The average molecular weight is 209 g/mol. The van der Waals surface area contributed by atoms with E-state index >= 15 is 0 Å². The van der Waals surface area contributed by atoms with Gasteiger partial charge in [0.25, 0.3) is 0 Å². The van der Waals surface area contributed by atoms with Crippen molar-refractivity contribution in [2.75, 3.05) is 34.4 Å². The molecule has 1 aliphatic rings. The number of hydrogen-bond acceptors (Lipinski definition) is 2. The van der Waals surface area contributed by atoms with Gasteiger partial charge in [0.2, 0.25) is 0 Å². The van der Waals surface area contributed by atoms with Crippen LogP contribution in [0.5, 0.6) is 0 Å². The average Bonchev–Trinajstić information content (AvgIpc) is 2.26. The van der Waals surface area contributed by atoms with Crippen LogP contribution in [0.4, 0.5) is 0 Å². The van der Waals surface area contributed by atoms with Crippen LogP contribution in [0.25, 0.3) is 0 Å². The van der Waals surface area contributed by atoms with Gasteiger partial charge in [-0.1, -0.05) is 25.2 Å². The van der Waals surface area contributed by atoms with Crippen LogP contribution in [-0.2, 0) is 4.74 Å². The second-order valence-electron chi connectivity index (χ2n) is 4.99. The van der Waals surface area contributed by atoms with Gasteiger partial charge in [-0.05, 0) is 37.9 Å². The minimum absolute atomic E-state index is 0.279. The van der Waals surface area contributed by atoms with Crippen LogP contribution in [0.1, 0.15) is 19.8 Å². The van der Waals surface area contributed by atoms with Gasteiger partial charge in [0, 0.05) is 13.7 Å². The minimum Gasteiger partial charge on any atom is -0.380 e. The normalized spacial score (nSPS) is 26.6. The Hall–Kier alpha value is -0.600. The first-order chi connectivity index (χ1) is 7.06. The summed E-state index contributed by atoms with van der Waals surface area (Å²) in [4.78, 5) is 2.26. The molecule has 1 aliphatic carbocycles. The molecule has 0 N–H and O–H groups in total. The summed E-state index contributed by atoms with van der Waals surface area (Å²) in [6.45, 7) is 4.15. The highest BCUT2D eigenvalue weighted by Gasteiger charge is 2.23. The van der Waals surface area contributed by atoms with Crippen LogP contribution in [0.2, 0.25) is 0 Å². The minimum atomic E-state index is 0.279. The molecule has 0 amide bonds. The molecule has 0 fully saturated rings. The first-order valence-electron chi connectivity index (χ1n) is 5.58. The van der Waals surface area contributed by atoms with Crippen molar-refractivity contribution in [3.63, 3.8) is 0 Å². The fraction of sp³-hybridized carbons (Fsp3) is 0.692. The van der Waals surface area contributed by atoms with Crippen LogP contribution in [0, 0.1) is 5.41 Å². The highest BCUT2D eigenvalue weighted by Crippen LogP contribution is 2.30. The van der Waals surface area contributed by atoms with Crippen LogP contribution in [0.3, 0.4) is 0 Å². The molecule has 0 saturated carbocycles. The summed E-state index contributed by atoms with van der Waals surface area (Å²) >= 11 is 0. The van der Waals surface area contributed by atoms with Crippen molar-refractivity contribution in [3.05, 3.63) is 23.8 Å². The van der Waals surface area contributed by atoms with E-state index in [4.69, 9.17) is 4.74 Å². The highest BCUT2D eigenvalue weighted by atomic mass is 16.5. The molecule has 15 heavy (non-hydrogen) atoms. The Bertz CT molecular complexity index is 255. The molecule has 1 rings (SSSR count). The predicted octanol–water partition coefficient (Wildman–Crippen LogP) is 2.48. The molecule has 0 spiro atoms. The van der Waals surface area contributed by atoms with Gasteiger partial charge in [0.05, 0.1) is 6.61 Å². The monoisotopic (exact) mass is 209 g/mol. The number of methoxy groups -OCH3 is 1. The largest absolute Gasteiger partial charge is 0.380 e. The molecule has 0 aliphatic heterocycles. The molecule has 2 nitrogen and oxygen atoms in total. The van der Waals surface area contributed by atoms with Gasteiger partial charge in [0.1, 0.15) is 0 Å². The lowest BCUT2D eigenvalue weighted by molar-refractivity contribution is 0.223. The quantitative estimate of drug-likeness (QED) is 0.705. The van der Waals surface area contributed by atoms with Crippen LogP contribution in [-0.4, -0.2) is 39.3 Å². The Kier molecular flexibility index (Phi) is 4.55. The summed E-state index contributed by atoms with van der Waals surface area (Å²) in [5, 5.41) is 0. The SMILES string of the molecule is COCC1=CC(C)(CN(C)C)CCC=C1. The van der Waals surface area contributed by atoms with Crippen molar-refractivity contribution in [1.29, 1.82) is 0 Å². The Morgan fingerprint density at radius 2 is 2.20 bits per heavy atom. The van der Waals surface area contributed by atoms with Gasteiger partial charge < -0.3 is 9.64 Å². The van der Waals surface area contributed by atoms with E-state index in [1.165, 1.54) is 12.0 Å². The maximum atomic E-state index is 5.20. The second kappa shape index (κ2) is 5.47. The zero-order valence-corrected chi connectivity index (χ0v) is 10.4. The standard InChI is InChI=1S/C13H23NO/c1-13(11-14(2)3)8-6-5-7-12(9-13)10-15-4/h5,7,9H,6,8,10-11H2,1-4H3. The molecule has 0 aromatic rings. The lowest BCUT2D eigenvalue weighted by Gasteiger charge is -2.29. The zero-order chi connectivity index (χ0) is 11.3. The molecule has 0 saturated heterocycles. The molecular weight excluding hydrogens is 186 g/mol. The summed E-state index contributed by atoms with van der Waals surface area (Å²) in [7, 11) is 6.02. The Balaban J connectivity index is 2.76. The molecule has 0 bridgehead atoms. The summed E-state index contributed by atoms with van der Waals surface area (Å²) in [5.74, 6) is 0. The van der Waals surface area contributed by atoms with Gasteiger partial charge in [-0.3, -0.25) is 0 Å². The van der Waals surface area contributed by atoms with Gasteiger partial charge >= 0.3 is 0 Å². The molecule has 86 valence electrons. The van der Waals surface area contributed by atoms with Gasteiger partial charge in [-0.2, -0.15) is 0 Å². The lowest BCUT2D eigenvalue weighted by Crippen LogP contribution is -2.29. The third-order valence-electron chi connectivity index (χ3n) is 2.74. The van der Waals surface area contributed by atoms with E-state index in [1.54, 1.807) is 7.11 Å². The van der Waals surface area contributed by atoms with E-state index in [9.17, 15) is 0 Å². The third-order valence-corrected chi connectivity index (χ3v) is 2.74. The van der Waals surface area contributed by atoms with Gasteiger partial charge in [0.15, 0.2) is 0 Å². The number of rotatable bonds is 4. The van der Waals surface area contributed by atoms with Crippen LogP contribution >= 0.6 is 0 Å². The van der Waals surface area contributed by atoms with E-state index in [-0.39, 0.29) is 5.41 Å². The maximum Gasteiger partial charge on any atom is 0.0710 e. The van der Waals surface area contributed by atoms with Crippen molar-refractivity contribution in [3.8, 4) is 0 Å². The van der Waals surface area contributed by atoms with E-state index < -0.39 is 0 Å². The maximum absolute atomic E-state index is 5.20. The molecule has 0 aromatic heterocycles. The fourth-order valence-electron chi connectivity index (χ4n) is 2.32. The lowest BCUT2D eigenvalue weighted by atomic mass is 9.84. The molecular formula is C13H23NO. The smallest absolute Gasteiger partial charge is 0.0710 e. The number of nitrogens with zero attached hydrogens (tertiary/aromatic N) is 1. The molecule has 1 unspecified atom stereocenters. The van der Waals surface area contributed by atoms with Crippen molar-refractivity contribution >= 4 is 0 Å². The Morgan fingerprint density at radius 3 is 2.80 bits per heavy atom. The zero-order valence-electron chi connectivity index (χ0n) is 10.4. The third kappa shape index (κ3) is 4.18. The molecule has 0 radical (unpaired) electrons. The van der Waals surface area contributed by atoms with Crippen LogP contribution < -0.4 is 0 Å². The van der Waals surface area contributed by atoms with E-state index in [1.807, 2.05) is 0 Å². The number of hydrogen-bond donors (Lipinski definition) is 0. The molecule has 2 heteroatoms. The van der Waals surface area contributed by atoms with Crippen molar-refractivity contribution in [2.45, 2.75) is 19.8 Å². The highest BCUT2D eigenvalue weighted by molar-refractivity contribution is 5.24. The fourth-order valence-corrected chi connectivity index (χ4v) is 2.32. The van der Waals surface area contributed by atoms with E-state index in [2.05, 4.69) is 44.1 Å². The van der Waals surface area contributed by atoms with Crippen molar-refractivity contribution in [1.82, 2.24) is 4.90 Å². The number of ether oxygens (including phenoxy) is 1. The van der Waals surface area contributed by atoms with Crippen molar-refractivity contribution < 1.29 is 4.74 Å². The van der Waals surface area contributed by atoms with Crippen molar-refractivity contribution in [2.24, 2.45) is 5.41 Å².